The Bertz CT molecular complexity index is 1780. The number of thiocarbonyl (C=S) groups is 1. The zero-order valence-corrected chi connectivity index (χ0v) is 33.3. The van der Waals surface area contributed by atoms with Crippen molar-refractivity contribution >= 4 is 66.2 Å². The highest BCUT2D eigenvalue weighted by atomic mass is 32.1. The number of pyridine rings is 1. The number of carbonyl (C=O) groups is 2. The smallest absolute Gasteiger partial charge is 0.356 e. The van der Waals surface area contributed by atoms with E-state index in [0.29, 0.717) is 22.6 Å². The van der Waals surface area contributed by atoms with E-state index in [4.69, 9.17) is 21.4 Å². The Balaban J connectivity index is 1.91. The van der Waals surface area contributed by atoms with Gasteiger partial charge < -0.3 is 14.1 Å². The molecule has 1 aliphatic heterocycles. The van der Waals surface area contributed by atoms with Crippen LogP contribution in [0.2, 0.25) is 13.1 Å². The van der Waals surface area contributed by atoms with Crippen LogP contribution in [0.5, 0.6) is 0 Å². The lowest BCUT2D eigenvalue weighted by Crippen LogP contribution is -2.71. The largest absolute Gasteiger partial charge is 0.457 e. The van der Waals surface area contributed by atoms with Crippen LogP contribution in [0.25, 0.3) is 0 Å². The Labute approximate surface area is 310 Å². The minimum Gasteiger partial charge on any atom is -0.457 e. The van der Waals surface area contributed by atoms with Crippen LogP contribution in [-0.2, 0) is 18.8 Å². The highest BCUT2D eigenvalue weighted by Gasteiger charge is 2.60. The molecule has 9 heteroatoms. The summed E-state index contributed by atoms with van der Waals surface area (Å²) in [5.74, 6) is -1.63. The third kappa shape index (κ3) is 7.80. The number of benzene rings is 3. The second-order valence-corrected chi connectivity index (χ2v) is 20.5. The number of rotatable bonds is 14. The van der Waals surface area contributed by atoms with Crippen molar-refractivity contribution in [2.75, 3.05) is 13.2 Å². The molecule has 2 heterocycles. The first-order valence-electron chi connectivity index (χ1n) is 17.6. The average molecular weight is 737 g/mol. The van der Waals surface area contributed by atoms with Gasteiger partial charge in [-0.2, -0.15) is 0 Å². The molecule has 0 saturated carbocycles. The normalized spacial score (nSPS) is 17.3. The molecule has 1 aromatic heterocycles. The van der Waals surface area contributed by atoms with Crippen molar-refractivity contribution in [3.05, 3.63) is 134 Å². The first-order chi connectivity index (χ1) is 24.4. The zero-order chi connectivity index (χ0) is 36.8. The Kier molecular flexibility index (Phi) is 12.5. The van der Waals surface area contributed by atoms with Gasteiger partial charge in [-0.25, -0.2) is 4.79 Å². The second-order valence-electron chi connectivity index (χ2n) is 14.3. The maximum atomic E-state index is 15.3. The van der Waals surface area contributed by atoms with Crippen molar-refractivity contribution in [3.63, 3.8) is 0 Å². The lowest BCUT2D eigenvalue weighted by atomic mass is 9.63. The van der Waals surface area contributed by atoms with Crippen molar-refractivity contribution in [2.45, 2.75) is 46.8 Å². The van der Waals surface area contributed by atoms with E-state index in [9.17, 15) is 0 Å². The van der Waals surface area contributed by atoms with Gasteiger partial charge in [0.15, 0.2) is 9.04 Å². The minimum absolute atomic E-state index is 0.00377. The number of hydrogen-bond acceptors (Lipinski definition) is 6. The summed E-state index contributed by atoms with van der Waals surface area (Å²) in [7, 11) is -1.42. The molecule has 1 fully saturated rings. The second kappa shape index (κ2) is 16.6. The molecule has 1 saturated heterocycles. The van der Waals surface area contributed by atoms with Gasteiger partial charge in [-0.15, -0.1) is 0 Å². The molecule has 0 aliphatic carbocycles. The Hall–Kier alpha value is -3.94. The average Bonchev–Trinajstić information content (AvgIpc) is 3.14. The van der Waals surface area contributed by atoms with Crippen LogP contribution in [0, 0.1) is 23.2 Å². The molecule has 266 valence electrons. The molecule has 4 aromatic rings. The number of β-lactam (4-membered cyclic amide) rings is 1. The maximum absolute atomic E-state index is 15.3. The third-order valence-electron chi connectivity index (χ3n) is 9.68. The number of hydrogen-bond donors (Lipinski definition) is 0. The minimum atomic E-state index is -3.10. The summed E-state index contributed by atoms with van der Waals surface area (Å²) in [4.78, 5) is 37.3. The molecule has 0 spiro atoms. The van der Waals surface area contributed by atoms with Crippen LogP contribution in [-0.4, -0.2) is 60.3 Å². The van der Waals surface area contributed by atoms with E-state index in [-0.39, 0.29) is 29.8 Å². The van der Waals surface area contributed by atoms with Gasteiger partial charge >= 0.3 is 5.97 Å². The van der Waals surface area contributed by atoms with Crippen molar-refractivity contribution < 1.29 is 18.8 Å². The van der Waals surface area contributed by atoms with E-state index < -0.39 is 33.9 Å². The van der Waals surface area contributed by atoms with Gasteiger partial charge in [0.1, 0.15) is 12.0 Å². The van der Waals surface area contributed by atoms with Crippen LogP contribution < -0.4 is 15.9 Å². The first-order valence-corrected chi connectivity index (χ1v) is 22.5. The van der Waals surface area contributed by atoms with Gasteiger partial charge in [0.2, 0.25) is 5.91 Å². The summed E-state index contributed by atoms with van der Waals surface area (Å²) >= 11 is 6.19. The Morgan fingerprint density at radius 3 is 1.86 bits per heavy atom. The Morgan fingerprint density at radius 2 is 1.43 bits per heavy atom. The number of nitrogens with zero attached hydrogens (tertiary/aromatic N) is 2. The number of ether oxygens (including phenoxy) is 1. The van der Waals surface area contributed by atoms with Gasteiger partial charge in [0.05, 0.1) is 17.7 Å². The van der Waals surface area contributed by atoms with Gasteiger partial charge in [-0.05, 0) is 52.5 Å². The van der Waals surface area contributed by atoms with E-state index in [1.165, 1.54) is 0 Å². The monoisotopic (exact) mass is 736 g/mol. The van der Waals surface area contributed by atoms with Crippen LogP contribution in [0.15, 0.2) is 128 Å². The maximum Gasteiger partial charge on any atom is 0.356 e. The van der Waals surface area contributed by atoms with Crippen LogP contribution in [0.3, 0.4) is 0 Å². The van der Waals surface area contributed by atoms with E-state index in [0.717, 1.165) is 15.9 Å². The van der Waals surface area contributed by atoms with E-state index in [2.05, 4.69) is 88.8 Å². The number of likely N-dealkylation sites (tertiary alicyclic amines) is 1. The van der Waals surface area contributed by atoms with E-state index in [1.54, 1.807) is 17.2 Å². The van der Waals surface area contributed by atoms with Crippen LogP contribution >= 0.6 is 19.1 Å². The summed E-state index contributed by atoms with van der Waals surface area (Å²) in [6, 6.07) is 35.4. The van der Waals surface area contributed by atoms with Crippen molar-refractivity contribution in [2.24, 2.45) is 23.2 Å². The number of aromatic nitrogens is 1. The highest BCUT2D eigenvalue weighted by Crippen LogP contribution is 2.52. The summed E-state index contributed by atoms with van der Waals surface area (Å²) in [6.45, 7) is 14.0. The fraction of sp³-hybridized carbons (Fsp3) is 0.310. The van der Waals surface area contributed by atoms with Crippen molar-refractivity contribution in [3.8, 4) is 0 Å². The molecule has 0 bridgehead atoms. The standard InChI is InChI=1S/C42H49N2O4PSSi/c1-8-28-47-41(46)40(49(31-20-12-9-13-21-31,32-22-14-10-15-23-32)33-24-16-11-17-25-33)44-37(30(2)38(50)35-26-18-19-27-43-35)36(39(44)45)34(42(3,4)5)29-48-51(6)7/h8-27,30,34,36-37,51H,1,28-29H2,2-7H3/t30-,34-,36+,37+/m1/s1. The van der Waals surface area contributed by atoms with E-state index in [1.807, 2.05) is 72.8 Å². The molecule has 6 nitrogen and oxygen atoms in total. The zero-order valence-electron chi connectivity index (χ0n) is 30.4. The van der Waals surface area contributed by atoms with E-state index >= 15 is 9.59 Å². The molecule has 4 atom stereocenters. The molecular formula is C42H49N2O4PSSi. The topological polar surface area (TPSA) is 68.7 Å². The Morgan fingerprint density at radius 1 is 0.922 bits per heavy atom. The molecule has 1 amide bonds. The molecule has 3 aromatic carbocycles. The predicted octanol–water partition coefficient (Wildman–Crippen LogP) is 6.78. The first kappa shape index (κ1) is 38.3. The predicted molar refractivity (Wildman–Crippen MR) is 218 cm³/mol. The lowest BCUT2D eigenvalue weighted by Gasteiger charge is -2.56. The van der Waals surface area contributed by atoms with Crippen LogP contribution in [0.1, 0.15) is 33.4 Å². The molecule has 0 unspecified atom stereocenters. The molecule has 0 radical (unpaired) electrons. The fourth-order valence-electron chi connectivity index (χ4n) is 7.17. The van der Waals surface area contributed by atoms with Gasteiger partial charge in [0, 0.05) is 30.5 Å². The van der Waals surface area contributed by atoms with Gasteiger partial charge in [-0.1, -0.05) is 150 Å². The highest BCUT2D eigenvalue weighted by molar-refractivity contribution is 7.96. The molecular weight excluding hydrogens is 688 g/mol. The SMILES string of the molecule is C=CCOC(=O)C(N1C(=O)[C@@H]([C@@H](CO[SiH](C)C)C(C)(C)C)[C@@H]1[C@@H](C)C(=S)c1ccccn1)=P(c1ccccc1)(c1ccccc1)c1ccccc1. The number of carbonyl (C=O) groups excluding carboxylic acids is 2. The lowest BCUT2D eigenvalue weighted by molar-refractivity contribution is -0.160. The summed E-state index contributed by atoms with van der Waals surface area (Å²) in [5, 5.41) is 2.80. The van der Waals surface area contributed by atoms with Gasteiger partial charge in [-0.3, -0.25) is 9.78 Å². The van der Waals surface area contributed by atoms with Crippen molar-refractivity contribution in [1.82, 2.24) is 9.88 Å². The summed E-state index contributed by atoms with van der Waals surface area (Å²) < 4.78 is 12.4. The molecule has 1 aliphatic rings. The third-order valence-corrected chi connectivity index (χ3v) is 15.4. The van der Waals surface area contributed by atoms with Gasteiger partial charge in [0.25, 0.3) is 0 Å². The summed E-state index contributed by atoms with van der Waals surface area (Å²) in [5.41, 5.74) is 0.734. The fourth-order valence-corrected chi connectivity index (χ4v) is 12.4. The quantitative estimate of drug-likeness (QED) is 0.0271. The number of esters is 1. The number of amides is 1. The summed E-state index contributed by atoms with van der Waals surface area (Å²) in [6.07, 6.45) is 3.29. The molecule has 0 N–H and O–H groups in total. The molecule has 5 rings (SSSR count). The van der Waals surface area contributed by atoms with Crippen LogP contribution in [0.4, 0.5) is 0 Å². The van der Waals surface area contributed by atoms with Crippen molar-refractivity contribution in [1.29, 1.82) is 0 Å². The molecule has 51 heavy (non-hydrogen) atoms.